The van der Waals surface area contributed by atoms with Crippen molar-refractivity contribution in [2.45, 2.75) is 78.1 Å². The molecule has 1 aromatic carbocycles. The van der Waals surface area contributed by atoms with Crippen LogP contribution in [0.4, 0.5) is 0 Å². The van der Waals surface area contributed by atoms with Gasteiger partial charge in [0, 0.05) is 10.9 Å². The fourth-order valence-electron chi connectivity index (χ4n) is 2.55. The first kappa shape index (κ1) is 20.9. The summed E-state index contributed by atoms with van der Waals surface area (Å²) in [6.07, 6.45) is 11.9. The van der Waals surface area contributed by atoms with Crippen molar-refractivity contribution in [2.75, 3.05) is 0 Å². The predicted octanol–water partition coefficient (Wildman–Crippen LogP) is 6.21. The second-order valence-electron chi connectivity index (χ2n) is 6.32. The second kappa shape index (κ2) is 13.2. The largest absolute Gasteiger partial charge is 0.273 e. The van der Waals surface area contributed by atoms with Gasteiger partial charge in [-0.05, 0) is 31.0 Å². The van der Waals surface area contributed by atoms with Gasteiger partial charge in [-0.3, -0.25) is 4.79 Å². The molecule has 0 unspecified atom stereocenters. The minimum Gasteiger partial charge on any atom is -0.273 e. The Kier molecular flexibility index (Phi) is 11.5. The Bertz CT molecular complexity index is 497. The van der Waals surface area contributed by atoms with Gasteiger partial charge in [0.1, 0.15) is 0 Å². The molecule has 0 aliphatic carbocycles. The van der Waals surface area contributed by atoms with E-state index in [9.17, 15) is 4.79 Å². The van der Waals surface area contributed by atoms with E-state index in [2.05, 4.69) is 33.4 Å². The van der Waals surface area contributed by atoms with Gasteiger partial charge in [0.05, 0.1) is 5.71 Å². The number of benzene rings is 1. The molecule has 134 valence electrons. The smallest absolute Gasteiger partial charge is 0.240 e. The van der Waals surface area contributed by atoms with E-state index >= 15 is 0 Å². The van der Waals surface area contributed by atoms with Crippen LogP contribution in [0.3, 0.4) is 0 Å². The molecular formula is C20H31BrN2O. The molecule has 0 saturated carbocycles. The number of hydrazone groups is 1. The molecule has 1 N–H and O–H groups in total. The maximum atomic E-state index is 11.8. The summed E-state index contributed by atoms with van der Waals surface area (Å²) in [7, 11) is 0. The topological polar surface area (TPSA) is 41.5 Å². The molecular weight excluding hydrogens is 364 g/mol. The molecule has 3 nitrogen and oxygen atoms in total. The molecule has 0 fully saturated rings. The van der Waals surface area contributed by atoms with Gasteiger partial charge in [0.25, 0.3) is 0 Å². The van der Waals surface area contributed by atoms with Crippen molar-refractivity contribution >= 4 is 27.5 Å². The highest BCUT2D eigenvalue weighted by Gasteiger charge is 2.02. The number of unbranched alkanes of at least 4 members (excludes halogenated alkanes) is 8. The molecule has 0 heterocycles. The number of carbonyl (C=O) groups is 1. The van der Waals surface area contributed by atoms with Crippen LogP contribution in [-0.2, 0) is 4.79 Å². The zero-order valence-corrected chi connectivity index (χ0v) is 16.7. The van der Waals surface area contributed by atoms with Gasteiger partial charge in [0.15, 0.2) is 0 Å². The van der Waals surface area contributed by atoms with Crippen LogP contribution in [0.25, 0.3) is 0 Å². The van der Waals surface area contributed by atoms with Gasteiger partial charge in [-0.25, -0.2) is 5.43 Å². The average molecular weight is 395 g/mol. The van der Waals surface area contributed by atoms with Crippen molar-refractivity contribution in [1.82, 2.24) is 5.43 Å². The van der Waals surface area contributed by atoms with E-state index in [1.54, 1.807) is 0 Å². The fraction of sp³-hybridized carbons (Fsp3) is 0.600. The number of rotatable bonds is 12. The Morgan fingerprint density at radius 3 is 2.08 bits per heavy atom. The third-order valence-corrected chi connectivity index (χ3v) is 4.65. The standard InChI is InChI=1S/C20H31BrN2O/c1-3-4-5-6-7-8-9-10-11-12-20(24)23-22-17(2)18-13-15-19(21)16-14-18/h13-16H,3-12H2,1-2H3,(H,23,24). The lowest BCUT2D eigenvalue weighted by molar-refractivity contribution is -0.121. The average Bonchev–Trinajstić information content (AvgIpc) is 2.59. The Morgan fingerprint density at radius 2 is 1.50 bits per heavy atom. The van der Waals surface area contributed by atoms with Crippen LogP contribution in [0.2, 0.25) is 0 Å². The van der Waals surface area contributed by atoms with Crippen LogP contribution < -0.4 is 5.43 Å². The van der Waals surface area contributed by atoms with E-state index < -0.39 is 0 Å². The molecule has 24 heavy (non-hydrogen) atoms. The minimum atomic E-state index is 0.00871. The van der Waals surface area contributed by atoms with Crippen LogP contribution in [-0.4, -0.2) is 11.6 Å². The van der Waals surface area contributed by atoms with E-state index in [4.69, 9.17) is 0 Å². The number of halogens is 1. The van der Waals surface area contributed by atoms with E-state index in [0.717, 1.165) is 28.6 Å². The molecule has 4 heteroatoms. The third kappa shape index (κ3) is 9.86. The molecule has 0 spiro atoms. The Morgan fingerprint density at radius 1 is 0.958 bits per heavy atom. The maximum Gasteiger partial charge on any atom is 0.240 e. The summed E-state index contributed by atoms with van der Waals surface area (Å²) in [5.41, 5.74) is 4.50. The summed E-state index contributed by atoms with van der Waals surface area (Å²) in [4.78, 5) is 11.8. The number of hydrogen-bond acceptors (Lipinski definition) is 2. The number of hydrogen-bond donors (Lipinski definition) is 1. The van der Waals surface area contributed by atoms with E-state index in [0.29, 0.717) is 6.42 Å². The van der Waals surface area contributed by atoms with Crippen LogP contribution in [0.15, 0.2) is 33.8 Å². The van der Waals surface area contributed by atoms with Crippen LogP contribution >= 0.6 is 15.9 Å². The summed E-state index contributed by atoms with van der Waals surface area (Å²) in [5, 5.41) is 4.18. The van der Waals surface area contributed by atoms with Gasteiger partial charge >= 0.3 is 0 Å². The van der Waals surface area contributed by atoms with Crippen LogP contribution in [0.5, 0.6) is 0 Å². The minimum absolute atomic E-state index is 0.00871. The van der Waals surface area contributed by atoms with E-state index in [1.165, 1.54) is 44.9 Å². The Balaban J connectivity index is 2.09. The summed E-state index contributed by atoms with van der Waals surface area (Å²) >= 11 is 3.41. The molecule has 0 saturated heterocycles. The van der Waals surface area contributed by atoms with Crippen molar-refractivity contribution in [3.8, 4) is 0 Å². The monoisotopic (exact) mass is 394 g/mol. The normalized spacial score (nSPS) is 11.5. The lowest BCUT2D eigenvalue weighted by atomic mass is 10.1. The molecule has 0 aliphatic rings. The molecule has 0 aromatic heterocycles. The fourth-order valence-corrected chi connectivity index (χ4v) is 2.82. The van der Waals surface area contributed by atoms with Gasteiger partial charge < -0.3 is 0 Å². The van der Waals surface area contributed by atoms with Crippen molar-refractivity contribution in [3.05, 3.63) is 34.3 Å². The summed E-state index contributed by atoms with van der Waals surface area (Å²) in [5.74, 6) is 0.00871. The van der Waals surface area contributed by atoms with E-state index in [-0.39, 0.29) is 5.91 Å². The van der Waals surface area contributed by atoms with Crippen molar-refractivity contribution < 1.29 is 4.79 Å². The first-order valence-electron chi connectivity index (χ1n) is 9.22. The zero-order chi connectivity index (χ0) is 17.6. The molecule has 0 bridgehead atoms. The van der Waals surface area contributed by atoms with E-state index in [1.807, 2.05) is 31.2 Å². The zero-order valence-electron chi connectivity index (χ0n) is 15.1. The lowest BCUT2D eigenvalue weighted by Crippen LogP contribution is -2.18. The summed E-state index contributed by atoms with van der Waals surface area (Å²) < 4.78 is 1.04. The highest BCUT2D eigenvalue weighted by molar-refractivity contribution is 9.10. The molecule has 1 rings (SSSR count). The molecule has 0 aliphatic heterocycles. The quantitative estimate of drug-likeness (QED) is 0.255. The summed E-state index contributed by atoms with van der Waals surface area (Å²) in [6.45, 7) is 4.15. The van der Waals surface area contributed by atoms with Crippen molar-refractivity contribution in [1.29, 1.82) is 0 Å². The number of nitrogens with one attached hydrogen (secondary N) is 1. The molecule has 0 atom stereocenters. The predicted molar refractivity (Wildman–Crippen MR) is 106 cm³/mol. The number of amides is 1. The maximum absolute atomic E-state index is 11.8. The Labute approximate surface area is 155 Å². The second-order valence-corrected chi connectivity index (χ2v) is 7.23. The lowest BCUT2D eigenvalue weighted by Gasteiger charge is -2.04. The van der Waals surface area contributed by atoms with Crippen molar-refractivity contribution in [3.63, 3.8) is 0 Å². The van der Waals surface area contributed by atoms with Crippen molar-refractivity contribution in [2.24, 2.45) is 5.10 Å². The third-order valence-electron chi connectivity index (χ3n) is 4.12. The van der Waals surface area contributed by atoms with Gasteiger partial charge in [-0.1, -0.05) is 86.4 Å². The highest BCUT2D eigenvalue weighted by Crippen LogP contribution is 2.12. The molecule has 0 radical (unpaired) electrons. The van der Waals surface area contributed by atoms with Gasteiger partial charge in [0.2, 0.25) is 5.91 Å². The first-order chi connectivity index (χ1) is 11.6. The van der Waals surface area contributed by atoms with Crippen LogP contribution in [0.1, 0.15) is 83.6 Å². The van der Waals surface area contributed by atoms with Crippen LogP contribution in [0, 0.1) is 0 Å². The number of carbonyl (C=O) groups excluding carboxylic acids is 1. The molecule has 1 amide bonds. The summed E-state index contributed by atoms with van der Waals surface area (Å²) in [6, 6.07) is 7.90. The van der Waals surface area contributed by atoms with Gasteiger partial charge in [-0.15, -0.1) is 0 Å². The number of nitrogens with zero attached hydrogens (tertiary/aromatic N) is 1. The highest BCUT2D eigenvalue weighted by atomic mass is 79.9. The SMILES string of the molecule is CCCCCCCCCCCC(=O)NN=C(C)c1ccc(Br)cc1. The Hall–Kier alpha value is -1.16. The van der Waals surface area contributed by atoms with Gasteiger partial charge in [-0.2, -0.15) is 5.10 Å². The first-order valence-corrected chi connectivity index (χ1v) is 10.0. The molecule has 1 aromatic rings.